The molecule has 2 N–H and O–H groups in total. The van der Waals surface area contributed by atoms with Gasteiger partial charge in [-0.2, -0.15) is 0 Å². The van der Waals surface area contributed by atoms with Gasteiger partial charge in [0.05, 0.1) is 13.1 Å². The summed E-state index contributed by atoms with van der Waals surface area (Å²) in [6.45, 7) is 5.58. The average Bonchev–Trinajstić information content (AvgIpc) is 3.00. The molecular formula is C14H22N2O2S. The number of hydrogen-bond acceptors (Lipinski definition) is 4. The van der Waals surface area contributed by atoms with E-state index in [0.717, 1.165) is 11.4 Å². The van der Waals surface area contributed by atoms with Gasteiger partial charge in [-0.1, -0.05) is 6.07 Å². The van der Waals surface area contributed by atoms with Crippen LogP contribution in [0.3, 0.4) is 0 Å². The fourth-order valence-corrected chi connectivity index (χ4v) is 3.20. The van der Waals surface area contributed by atoms with Crippen LogP contribution in [0.1, 0.15) is 31.6 Å². The maximum absolute atomic E-state index is 11.9. The third kappa shape index (κ3) is 3.78. The summed E-state index contributed by atoms with van der Waals surface area (Å²) in [5.74, 6) is -0.00872. The second-order valence-corrected chi connectivity index (χ2v) is 6.44. The number of carbonyl (C=O) groups is 1. The van der Waals surface area contributed by atoms with E-state index in [0.29, 0.717) is 12.6 Å². The van der Waals surface area contributed by atoms with Crippen LogP contribution in [0, 0.1) is 0 Å². The number of likely N-dealkylation sites (tertiary alicyclic amines) is 1. The Morgan fingerprint density at radius 2 is 2.47 bits per heavy atom. The minimum absolute atomic E-state index is 0.00872. The normalized spacial score (nSPS) is 23.2. The highest BCUT2D eigenvalue weighted by Gasteiger charge is 2.26. The van der Waals surface area contributed by atoms with E-state index in [2.05, 4.69) is 17.1 Å². The second kappa shape index (κ2) is 6.03. The second-order valence-electron chi connectivity index (χ2n) is 5.49. The Bertz CT molecular complexity index is 417. The quantitative estimate of drug-likeness (QED) is 0.861. The predicted molar refractivity (Wildman–Crippen MR) is 77.2 cm³/mol. The molecule has 1 amide bonds. The molecule has 1 aromatic rings. The lowest BCUT2D eigenvalue weighted by atomic mass is 10.1. The zero-order valence-electron chi connectivity index (χ0n) is 11.6. The lowest BCUT2D eigenvalue weighted by Gasteiger charge is -2.24. The van der Waals surface area contributed by atoms with Gasteiger partial charge in [0.2, 0.25) is 5.91 Å². The van der Waals surface area contributed by atoms with Crippen molar-refractivity contribution < 1.29 is 9.90 Å². The molecule has 2 atom stereocenters. The first kappa shape index (κ1) is 14.5. The van der Waals surface area contributed by atoms with Gasteiger partial charge in [0, 0.05) is 10.9 Å². The Hall–Kier alpha value is -0.910. The highest BCUT2D eigenvalue weighted by Crippen LogP contribution is 2.24. The zero-order chi connectivity index (χ0) is 13.9. The molecule has 1 fully saturated rings. The number of nitrogens with zero attached hydrogens (tertiary/aromatic N) is 1. The van der Waals surface area contributed by atoms with Crippen molar-refractivity contribution >= 4 is 17.2 Å². The van der Waals surface area contributed by atoms with Gasteiger partial charge in [0.1, 0.15) is 5.60 Å². The molecular weight excluding hydrogens is 260 g/mol. The van der Waals surface area contributed by atoms with E-state index in [1.165, 1.54) is 24.2 Å². The maximum atomic E-state index is 11.9. The van der Waals surface area contributed by atoms with Crippen LogP contribution in [-0.2, 0) is 10.4 Å². The Kier molecular flexibility index (Phi) is 4.60. The van der Waals surface area contributed by atoms with Gasteiger partial charge in [0.15, 0.2) is 0 Å². The largest absolute Gasteiger partial charge is 0.383 e. The van der Waals surface area contributed by atoms with Crippen molar-refractivity contribution in [3.8, 4) is 0 Å². The molecule has 0 aliphatic carbocycles. The first-order valence-electron chi connectivity index (χ1n) is 6.76. The van der Waals surface area contributed by atoms with Gasteiger partial charge in [-0.3, -0.25) is 9.69 Å². The summed E-state index contributed by atoms with van der Waals surface area (Å²) >= 11 is 1.50. The number of hydrogen-bond donors (Lipinski definition) is 2. The average molecular weight is 282 g/mol. The number of amides is 1. The lowest BCUT2D eigenvalue weighted by Crippen LogP contribution is -2.43. The van der Waals surface area contributed by atoms with Gasteiger partial charge in [-0.25, -0.2) is 0 Å². The molecule has 0 saturated carbocycles. The summed E-state index contributed by atoms with van der Waals surface area (Å²) in [5.41, 5.74) is -0.986. The Morgan fingerprint density at radius 1 is 1.68 bits per heavy atom. The van der Waals surface area contributed by atoms with E-state index >= 15 is 0 Å². The highest BCUT2D eigenvalue weighted by molar-refractivity contribution is 7.10. The molecule has 2 heterocycles. The molecule has 0 aromatic carbocycles. The summed E-state index contributed by atoms with van der Waals surface area (Å²) in [7, 11) is 0. The van der Waals surface area contributed by atoms with Crippen LogP contribution < -0.4 is 5.32 Å². The van der Waals surface area contributed by atoms with Crippen LogP contribution in [0.25, 0.3) is 0 Å². The van der Waals surface area contributed by atoms with Crippen molar-refractivity contribution in [2.45, 2.75) is 38.3 Å². The molecule has 0 bridgehead atoms. The Morgan fingerprint density at radius 3 is 3.05 bits per heavy atom. The first-order valence-corrected chi connectivity index (χ1v) is 7.64. The first-order chi connectivity index (χ1) is 8.99. The number of aliphatic hydroxyl groups is 1. The molecule has 2 unspecified atom stereocenters. The zero-order valence-corrected chi connectivity index (χ0v) is 12.4. The fourth-order valence-electron chi connectivity index (χ4n) is 2.41. The molecule has 5 heteroatoms. The summed E-state index contributed by atoms with van der Waals surface area (Å²) < 4.78 is 0. The molecule has 0 spiro atoms. The molecule has 1 aromatic heterocycles. The van der Waals surface area contributed by atoms with Crippen molar-refractivity contribution in [1.29, 1.82) is 0 Å². The van der Waals surface area contributed by atoms with E-state index in [1.54, 1.807) is 6.92 Å². The van der Waals surface area contributed by atoms with Crippen LogP contribution >= 0.6 is 11.3 Å². The minimum Gasteiger partial charge on any atom is -0.383 e. The van der Waals surface area contributed by atoms with Crippen LogP contribution in [0.15, 0.2) is 17.5 Å². The van der Waals surface area contributed by atoms with E-state index < -0.39 is 5.60 Å². The van der Waals surface area contributed by atoms with Gasteiger partial charge < -0.3 is 10.4 Å². The van der Waals surface area contributed by atoms with Crippen LogP contribution in [0.2, 0.25) is 0 Å². The van der Waals surface area contributed by atoms with E-state index in [-0.39, 0.29) is 12.5 Å². The smallest absolute Gasteiger partial charge is 0.234 e. The topological polar surface area (TPSA) is 52.6 Å². The SMILES string of the molecule is CC1CCCN1CC(=O)NCC(C)(O)c1cccs1. The molecule has 4 nitrogen and oxygen atoms in total. The monoisotopic (exact) mass is 282 g/mol. The van der Waals surface area contributed by atoms with Crippen molar-refractivity contribution in [3.05, 3.63) is 22.4 Å². The predicted octanol–water partition coefficient (Wildman–Crippen LogP) is 1.56. The number of carbonyl (C=O) groups excluding carboxylic acids is 1. The molecule has 0 radical (unpaired) electrons. The van der Waals surface area contributed by atoms with Gasteiger partial charge in [0.25, 0.3) is 0 Å². The van der Waals surface area contributed by atoms with E-state index in [4.69, 9.17) is 0 Å². The van der Waals surface area contributed by atoms with E-state index in [9.17, 15) is 9.90 Å². The summed E-state index contributed by atoms with van der Waals surface area (Å²) in [5, 5.41) is 15.1. The Labute approximate surface area is 118 Å². The number of rotatable bonds is 5. The molecule has 19 heavy (non-hydrogen) atoms. The number of nitrogens with one attached hydrogen (secondary N) is 1. The molecule has 2 rings (SSSR count). The third-order valence-corrected chi connectivity index (χ3v) is 4.84. The Balaban J connectivity index is 1.80. The minimum atomic E-state index is -0.986. The summed E-state index contributed by atoms with van der Waals surface area (Å²) in [6, 6.07) is 4.28. The highest BCUT2D eigenvalue weighted by atomic mass is 32.1. The molecule has 106 valence electrons. The van der Waals surface area contributed by atoms with Crippen molar-refractivity contribution in [3.63, 3.8) is 0 Å². The maximum Gasteiger partial charge on any atom is 0.234 e. The van der Waals surface area contributed by atoms with Gasteiger partial charge >= 0.3 is 0 Å². The van der Waals surface area contributed by atoms with Crippen LogP contribution in [0.4, 0.5) is 0 Å². The summed E-state index contributed by atoms with van der Waals surface area (Å²) in [4.78, 5) is 15.0. The van der Waals surface area contributed by atoms with Gasteiger partial charge in [-0.05, 0) is 44.7 Å². The fraction of sp³-hybridized carbons (Fsp3) is 0.643. The van der Waals surface area contributed by atoms with Crippen molar-refractivity contribution in [1.82, 2.24) is 10.2 Å². The molecule has 1 saturated heterocycles. The third-order valence-electron chi connectivity index (χ3n) is 3.72. The summed E-state index contributed by atoms with van der Waals surface area (Å²) in [6.07, 6.45) is 2.33. The lowest BCUT2D eigenvalue weighted by molar-refractivity contribution is -0.123. The van der Waals surface area contributed by atoms with Gasteiger partial charge in [-0.15, -0.1) is 11.3 Å². The standard InChI is InChI=1S/C14H22N2O2S/c1-11-5-3-7-16(11)9-13(17)15-10-14(2,18)12-6-4-8-19-12/h4,6,8,11,18H,3,5,7,9-10H2,1-2H3,(H,15,17). The molecule has 1 aliphatic rings. The molecule has 1 aliphatic heterocycles. The van der Waals surface area contributed by atoms with E-state index in [1.807, 2.05) is 17.5 Å². The number of thiophene rings is 1. The van der Waals surface area contributed by atoms with Crippen LogP contribution in [-0.4, -0.2) is 41.6 Å². The van der Waals surface area contributed by atoms with Crippen LogP contribution in [0.5, 0.6) is 0 Å². The van der Waals surface area contributed by atoms with Crippen molar-refractivity contribution in [2.75, 3.05) is 19.6 Å². The van der Waals surface area contributed by atoms with Crippen molar-refractivity contribution in [2.24, 2.45) is 0 Å².